The number of aliphatic hydroxyl groups is 1. The third-order valence-corrected chi connectivity index (χ3v) is 7.03. The molecule has 1 atom stereocenters. The van der Waals surface area contributed by atoms with Crippen LogP contribution in [0.2, 0.25) is 0 Å². The number of amides is 1. The van der Waals surface area contributed by atoms with E-state index in [9.17, 15) is 4.79 Å². The molecule has 0 bridgehead atoms. The summed E-state index contributed by atoms with van der Waals surface area (Å²) in [6.45, 7) is 6.01. The third kappa shape index (κ3) is 3.68. The second-order valence-corrected chi connectivity index (χ2v) is 8.69. The zero-order valence-corrected chi connectivity index (χ0v) is 16.0. The molecule has 6 nitrogen and oxygen atoms in total. The molecule has 1 aromatic heterocycles. The van der Waals surface area contributed by atoms with Crippen molar-refractivity contribution in [1.29, 1.82) is 0 Å². The normalized spacial score (nSPS) is 25.3. The molecular formula is C19H28N2O4S. The molecule has 2 saturated heterocycles. The Balaban J connectivity index is 1.44. The van der Waals surface area contributed by atoms with Crippen molar-refractivity contribution >= 4 is 17.2 Å². The summed E-state index contributed by atoms with van der Waals surface area (Å²) < 4.78 is 11.8. The summed E-state index contributed by atoms with van der Waals surface area (Å²) in [5.41, 5.74) is 1.01. The van der Waals surface area contributed by atoms with Crippen LogP contribution in [0.4, 0.5) is 0 Å². The van der Waals surface area contributed by atoms with Gasteiger partial charge in [0.15, 0.2) is 0 Å². The third-order valence-electron chi connectivity index (χ3n) is 5.83. The lowest BCUT2D eigenvalue weighted by molar-refractivity contribution is -0.0983. The highest BCUT2D eigenvalue weighted by atomic mass is 32.1. The first-order valence-corrected chi connectivity index (χ1v) is 10.5. The van der Waals surface area contributed by atoms with Crippen LogP contribution in [-0.4, -0.2) is 68.5 Å². The lowest BCUT2D eigenvalue weighted by Crippen LogP contribution is -2.47. The summed E-state index contributed by atoms with van der Waals surface area (Å²) in [4.78, 5) is 16.8. The van der Waals surface area contributed by atoms with Gasteiger partial charge in [-0.3, -0.25) is 4.79 Å². The molecule has 0 radical (unpaired) electrons. The number of aliphatic hydroxyl groups excluding tert-OH is 1. The Hall–Kier alpha value is -0.990. The average molecular weight is 381 g/mol. The van der Waals surface area contributed by atoms with Gasteiger partial charge in [-0.1, -0.05) is 0 Å². The van der Waals surface area contributed by atoms with Crippen LogP contribution in [0.25, 0.3) is 0 Å². The summed E-state index contributed by atoms with van der Waals surface area (Å²) in [6, 6.07) is 2.03. The van der Waals surface area contributed by atoms with Gasteiger partial charge in [0, 0.05) is 44.1 Å². The molecule has 4 heterocycles. The molecule has 26 heavy (non-hydrogen) atoms. The van der Waals surface area contributed by atoms with E-state index >= 15 is 0 Å². The van der Waals surface area contributed by atoms with Crippen molar-refractivity contribution in [2.24, 2.45) is 5.92 Å². The zero-order valence-electron chi connectivity index (χ0n) is 15.2. The molecule has 144 valence electrons. The van der Waals surface area contributed by atoms with Gasteiger partial charge < -0.3 is 24.8 Å². The Bertz CT molecular complexity index is 633. The number of hydrogen-bond donors (Lipinski definition) is 2. The van der Waals surface area contributed by atoms with E-state index in [0.29, 0.717) is 12.5 Å². The standard InChI is InChI=1S/C19H28N2O4S/c22-8-5-20-18(23)17-11-15-16(26-17)2-10-25-19(15)3-6-21(7-4-19)12-14-1-9-24-13-14/h11,14,22H,1-10,12-13H2,(H,20,23). The van der Waals surface area contributed by atoms with Crippen molar-refractivity contribution in [2.45, 2.75) is 31.3 Å². The predicted octanol–water partition coefficient (Wildman–Crippen LogP) is 1.37. The smallest absolute Gasteiger partial charge is 0.261 e. The highest BCUT2D eigenvalue weighted by Crippen LogP contribution is 2.44. The highest BCUT2D eigenvalue weighted by Gasteiger charge is 2.42. The van der Waals surface area contributed by atoms with Crippen LogP contribution in [0, 0.1) is 5.92 Å². The number of rotatable bonds is 5. The number of piperidine rings is 1. The lowest BCUT2D eigenvalue weighted by Gasteiger charge is -2.44. The molecule has 2 fully saturated rings. The van der Waals surface area contributed by atoms with Gasteiger partial charge in [0.25, 0.3) is 5.91 Å². The van der Waals surface area contributed by atoms with Gasteiger partial charge in [-0.05, 0) is 36.8 Å². The van der Waals surface area contributed by atoms with E-state index in [2.05, 4.69) is 10.2 Å². The number of likely N-dealkylation sites (tertiary alicyclic amines) is 1. The van der Waals surface area contributed by atoms with E-state index in [4.69, 9.17) is 14.6 Å². The molecular weight excluding hydrogens is 352 g/mol. The largest absolute Gasteiger partial charge is 0.395 e. The molecule has 4 rings (SSSR count). The zero-order chi connectivity index (χ0) is 18.0. The Kier molecular flexibility index (Phi) is 5.61. The second kappa shape index (κ2) is 7.94. The quantitative estimate of drug-likeness (QED) is 0.807. The molecule has 1 unspecified atom stereocenters. The number of thiophene rings is 1. The fourth-order valence-corrected chi connectivity index (χ4v) is 5.54. The Morgan fingerprint density at radius 1 is 1.38 bits per heavy atom. The number of hydrogen-bond acceptors (Lipinski definition) is 6. The molecule has 2 N–H and O–H groups in total. The van der Waals surface area contributed by atoms with Gasteiger partial charge >= 0.3 is 0 Å². The van der Waals surface area contributed by atoms with Gasteiger partial charge in [0.1, 0.15) is 0 Å². The molecule has 0 aliphatic carbocycles. The van der Waals surface area contributed by atoms with Crippen LogP contribution < -0.4 is 5.32 Å². The van der Waals surface area contributed by atoms with E-state index in [-0.39, 0.29) is 18.1 Å². The minimum Gasteiger partial charge on any atom is -0.395 e. The van der Waals surface area contributed by atoms with E-state index in [1.165, 1.54) is 16.9 Å². The van der Waals surface area contributed by atoms with Crippen molar-refractivity contribution in [2.75, 3.05) is 52.6 Å². The van der Waals surface area contributed by atoms with E-state index in [0.717, 1.165) is 63.6 Å². The van der Waals surface area contributed by atoms with Gasteiger partial charge in [-0.15, -0.1) is 11.3 Å². The van der Waals surface area contributed by atoms with Crippen LogP contribution in [-0.2, 0) is 21.5 Å². The number of carbonyl (C=O) groups excluding carboxylic acids is 1. The van der Waals surface area contributed by atoms with Crippen molar-refractivity contribution in [3.05, 3.63) is 21.4 Å². The first-order valence-electron chi connectivity index (χ1n) is 9.66. The van der Waals surface area contributed by atoms with Crippen molar-refractivity contribution in [1.82, 2.24) is 10.2 Å². The highest BCUT2D eigenvalue weighted by molar-refractivity contribution is 7.14. The molecule has 0 saturated carbocycles. The Morgan fingerprint density at radius 2 is 2.23 bits per heavy atom. The molecule has 7 heteroatoms. The second-order valence-electron chi connectivity index (χ2n) is 7.55. The molecule has 3 aliphatic rings. The van der Waals surface area contributed by atoms with Crippen LogP contribution in [0.5, 0.6) is 0 Å². The Labute approximate surface area is 158 Å². The predicted molar refractivity (Wildman–Crippen MR) is 99.7 cm³/mol. The average Bonchev–Trinajstić information content (AvgIpc) is 3.32. The first kappa shape index (κ1) is 18.4. The van der Waals surface area contributed by atoms with Crippen molar-refractivity contribution in [3.63, 3.8) is 0 Å². The number of carbonyl (C=O) groups is 1. The summed E-state index contributed by atoms with van der Waals surface area (Å²) in [5, 5.41) is 11.7. The van der Waals surface area contributed by atoms with Gasteiger partial charge in [-0.25, -0.2) is 0 Å². The van der Waals surface area contributed by atoms with E-state index < -0.39 is 0 Å². The molecule has 3 aliphatic heterocycles. The SMILES string of the molecule is O=C(NCCO)c1cc2c(s1)CCOC21CCN(CC2CCOC2)CC1. The first-order chi connectivity index (χ1) is 12.7. The molecule has 1 amide bonds. The van der Waals surface area contributed by atoms with Gasteiger partial charge in [-0.2, -0.15) is 0 Å². The number of fused-ring (bicyclic) bond motifs is 2. The summed E-state index contributed by atoms with van der Waals surface area (Å²) in [7, 11) is 0. The minimum absolute atomic E-state index is 0.0360. The minimum atomic E-state index is -0.220. The lowest BCUT2D eigenvalue weighted by atomic mass is 9.82. The summed E-state index contributed by atoms with van der Waals surface area (Å²) in [6.07, 6.45) is 4.04. The molecule has 1 aromatic rings. The maximum Gasteiger partial charge on any atom is 0.261 e. The summed E-state index contributed by atoms with van der Waals surface area (Å²) in [5.74, 6) is 0.585. The van der Waals surface area contributed by atoms with Crippen LogP contribution >= 0.6 is 11.3 Å². The molecule has 0 aromatic carbocycles. The van der Waals surface area contributed by atoms with E-state index in [1.807, 2.05) is 6.07 Å². The Morgan fingerprint density at radius 3 is 2.96 bits per heavy atom. The van der Waals surface area contributed by atoms with E-state index in [1.54, 1.807) is 11.3 Å². The maximum absolute atomic E-state index is 12.3. The maximum atomic E-state index is 12.3. The number of ether oxygens (including phenoxy) is 2. The van der Waals surface area contributed by atoms with Gasteiger partial charge in [0.05, 0.1) is 30.3 Å². The monoisotopic (exact) mass is 380 g/mol. The van der Waals surface area contributed by atoms with Crippen molar-refractivity contribution < 1.29 is 19.4 Å². The summed E-state index contributed by atoms with van der Waals surface area (Å²) >= 11 is 1.58. The number of nitrogens with one attached hydrogen (secondary N) is 1. The van der Waals surface area contributed by atoms with Crippen LogP contribution in [0.15, 0.2) is 6.07 Å². The van der Waals surface area contributed by atoms with Crippen LogP contribution in [0.3, 0.4) is 0 Å². The topological polar surface area (TPSA) is 71.0 Å². The van der Waals surface area contributed by atoms with Gasteiger partial charge in [0.2, 0.25) is 0 Å². The van der Waals surface area contributed by atoms with Crippen molar-refractivity contribution in [3.8, 4) is 0 Å². The fraction of sp³-hybridized carbons (Fsp3) is 0.737. The molecule has 1 spiro atoms. The fourth-order valence-electron chi connectivity index (χ4n) is 4.39. The number of nitrogens with zero attached hydrogens (tertiary/aromatic N) is 1. The van der Waals surface area contributed by atoms with Crippen LogP contribution in [0.1, 0.15) is 39.4 Å².